The van der Waals surface area contributed by atoms with Crippen LogP contribution < -0.4 is 4.90 Å². The highest BCUT2D eigenvalue weighted by Crippen LogP contribution is 2.42. The molecule has 1 aliphatic carbocycles. The molecule has 0 aromatic heterocycles. The molecule has 0 atom stereocenters. The number of hydrogen-bond donors (Lipinski definition) is 0. The van der Waals surface area contributed by atoms with Crippen molar-refractivity contribution in [1.29, 1.82) is 0 Å². The van der Waals surface area contributed by atoms with Crippen molar-refractivity contribution in [2.75, 3.05) is 31.1 Å². The van der Waals surface area contributed by atoms with Crippen molar-refractivity contribution in [2.24, 2.45) is 0 Å². The van der Waals surface area contributed by atoms with Crippen LogP contribution in [-0.4, -0.2) is 47.6 Å². The minimum Gasteiger partial charge on any atom is -0.449 e. The first-order valence-corrected chi connectivity index (χ1v) is 9.27. The van der Waals surface area contributed by atoms with E-state index in [2.05, 4.69) is 9.80 Å². The normalized spacial score (nSPS) is 22.3. The Morgan fingerprint density at radius 1 is 0.962 bits per heavy atom. The van der Waals surface area contributed by atoms with Gasteiger partial charge in [0.1, 0.15) is 0 Å². The Kier molecular flexibility index (Phi) is 4.30. The third kappa shape index (κ3) is 3.02. The number of rotatable bonds is 3. The van der Waals surface area contributed by atoms with Crippen molar-refractivity contribution < 1.29 is 14.5 Å². The lowest BCUT2D eigenvalue weighted by atomic mass is 9.82. The number of anilines is 1. The maximum Gasteiger partial charge on any atom is 0.333 e. The molecule has 7 nitrogen and oxygen atoms in total. The second kappa shape index (κ2) is 6.63. The highest BCUT2D eigenvalue weighted by atomic mass is 16.6. The summed E-state index contributed by atoms with van der Waals surface area (Å²) in [6, 6.07) is 6.70. The standard InChI is InChI=1S/C19H23N3O4/c23-18-14-17(19(26-18)8-2-1-3-9-19)21-12-10-20(11-13-21)15-4-6-16(7-5-15)22(24)25/h4-7,14H,1-3,8-13H2. The van der Waals surface area contributed by atoms with Gasteiger partial charge in [0.05, 0.1) is 10.6 Å². The number of nitro groups is 1. The van der Waals surface area contributed by atoms with Gasteiger partial charge in [-0.25, -0.2) is 4.79 Å². The maximum absolute atomic E-state index is 12.0. The van der Waals surface area contributed by atoms with Gasteiger partial charge in [-0.15, -0.1) is 0 Å². The minimum atomic E-state index is -0.398. The van der Waals surface area contributed by atoms with E-state index >= 15 is 0 Å². The lowest BCUT2D eigenvalue weighted by Gasteiger charge is -2.43. The molecule has 1 saturated carbocycles. The molecular formula is C19H23N3O4. The van der Waals surface area contributed by atoms with E-state index in [1.165, 1.54) is 6.42 Å². The molecule has 7 heteroatoms. The van der Waals surface area contributed by atoms with Gasteiger partial charge in [0.25, 0.3) is 5.69 Å². The van der Waals surface area contributed by atoms with Gasteiger partial charge < -0.3 is 14.5 Å². The summed E-state index contributed by atoms with van der Waals surface area (Å²) in [6.45, 7) is 3.28. The van der Waals surface area contributed by atoms with Crippen molar-refractivity contribution in [3.05, 3.63) is 46.2 Å². The topological polar surface area (TPSA) is 75.9 Å². The summed E-state index contributed by atoms with van der Waals surface area (Å²) >= 11 is 0. The van der Waals surface area contributed by atoms with Gasteiger partial charge in [0.2, 0.25) is 0 Å². The quantitative estimate of drug-likeness (QED) is 0.470. The summed E-state index contributed by atoms with van der Waals surface area (Å²) in [5.74, 6) is -0.209. The zero-order valence-corrected chi connectivity index (χ0v) is 14.7. The zero-order chi connectivity index (χ0) is 18.1. The Labute approximate surface area is 152 Å². The van der Waals surface area contributed by atoms with Crippen LogP contribution in [0.25, 0.3) is 0 Å². The number of nitro benzene ring substituents is 1. The van der Waals surface area contributed by atoms with E-state index in [1.807, 2.05) is 0 Å². The molecular weight excluding hydrogens is 334 g/mol. The fourth-order valence-corrected chi connectivity index (χ4v) is 4.37. The average molecular weight is 357 g/mol. The van der Waals surface area contributed by atoms with Crippen LogP contribution in [0.5, 0.6) is 0 Å². The third-order valence-corrected chi connectivity index (χ3v) is 5.72. The number of hydrogen-bond acceptors (Lipinski definition) is 6. The van der Waals surface area contributed by atoms with Gasteiger partial charge in [-0.2, -0.15) is 0 Å². The first-order valence-electron chi connectivity index (χ1n) is 9.27. The number of non-ortho nitro benzene ring substituents is 1. The zero-order valence-electron chi connectivity index (χ0n) is 14.7. The van der Waals surface area contributed by atoms with Gasteiger partial charge >= 0.3 is 5.97 Å². The molecule has 2 fully saturated rings. The predicted octanol–water partition coefficient (Wildman–Crippen LogP) is 2.86. The summed E-state index contributed by atoms with van der Waals surface area (Å²) in [5.41, 5.74) is 1.77. The van der Waals surface area contributed by atoms with E-state index in [0.717, 1.165) is 63.2 Å². The van der Waals surface area contributed by atoms with Crippen molar-refractivity contribution >= 4 is 17.3 Å². The molecule has 1 spiro atoms. The van der Waals surface area contributed by atoms with Gasteiger partial charge in [0.15, 0.2) is 5.60 Å². The van der Waals surface area contributed by atoms with Crippen LogP contribution in [-0.2, 0) is 9.53 Å². The number of carbonyl (C=O) groups is 1. The third-order valence-electron chi connectivity index (χ3n) is 5.72. The predicted molar refractivity (Wildman–Crippen MR) is 96.9 cm³/mol. The van der Waals surface area contributed by atoms with E-state index < -0.39 is 5.60 Å². The largest absolute Gasteiger partial charge is 0.449 e. The van der Waals surface area contributed by atoms with Crippen LogP contribution in [0.1, 0.15) is 32.1 Å². The first-order chi connectivity index (χ1) is 12.6. The fraction of sp³-hybridized carbons (Fsp3) is 0.526. The van der Waals surface area contributed by atoms with Crippen LogP contribution in [0.15, 0.2) is 36.0 Å². The van der Waals surface area contributed by atoms with Crippen LogP contribution in [0.4, 0.5) is 11.4 Å². The lowest BCUT2D eigenvalue weighted by Crippen LogP contribution is -2.50. The minimum absolute atomic E-state index is 0.110. The molecule has 0 bridgehead atoms. The maximum atomic E-state index is 12.0. The number of nitrogens with zero attached hydrogens (tertiary/aromatic N) is 3. The van der Waals surface area contributed by atoms with Gasteiger partial charge in [-0.1, -0.05) is 6.42 Å². The second-order valence-corrected chi connectivity index (χ2v) is 7.25. The van der Waals surface area contributed by atoms with E-state index in [4.69, 9.17) is 4.74 Å². The molecule has 1 aromatic rings. The summed E-state index contributed by atoms with van der Waals surface area (Å²) in [7, 11) is 0. The Hall–Kier alpha value is -2.57. The average Bonchev–Trinajstić information content (AvgIpc) is 2.98. The Bertz CT molecular complexity index is 730. The molecule has 0 radical (unpaired) electrons. The van der Waals surface area contributed by atoms with Crippen molar-refractivity contribution in [1.82, 2.24) is 4.90 Å². The molecule has 1 saturated heterocycles. The van der Waals surface area contributed by atoms with E-state index in [0.29, 0.717) is 0 Å². The molecule has 3 aliphatic rings. The Morgan fingerprint density at radius 3 is 2.19 bits per heavy atom. The molecule has 138 valence electrons. The van der Waals surface area contributed by atoms with Gasteiger partial charge in [-0.05, 0) is 37.8 Å². The molecule has 0 unspecified atom stereocenters. The molecule has 2 aliphatic heterocycles. The van der Waals surface area contributed by atoms with Crippen molar-refractivity contribution in [2.45, 2.75) is 37.7 Å². The van der Waals surface area contributed by atoms with Crippen LogP contribution in [0.2, 0.25) is 0 Å². The molecule has 0 amide bonds. The number of esters is 1. The molecule has 0 N–H and O–H groups in total. The SMILES string of the molecule is O=C1C=C(N2CCN(c3ccc([N+](=O)[O-])cc3)CC2)C2(CCCCC2)O1. The number of carbonyl (C=O) groups excluding carboxylic acids is 1. The highest BCUT2D eigenvalue weighted by molar-refractivity contribution is 5.86. The molecule has 2 heterocycles. The van der Waals surface area contributed by atoms with Gasteiger partial charge in [0, 0.05) is 50.1 Å². The first kappa shape index (κ1) is 16.9. The molecule has 4 rings (SSSR count). The van der Waals surface area contributed by atoms with Gasteiger partial charge in [-0.3, -0.25) is 10.1 Å². The summed E-state index contributed by atoms with van der Waals surface area (Å²) in [6.07, 6.45) is 6.95. The van der Waals surface area contributed by atoms with Crippen LogP contribution >= 0.6 is 0 Å². The second-order valence-electron chi connectivity index (χ2n) is 7.25. The van der Waals surface area contributed by atoms with Crippen LogP contribution in [0, 0.1) is 10.1 Å². The Morgan fingerprint density at radius 2 is 1.58 bits per heavy atom. The van der Waals surface area contributed by atoms with E-state index in [-0.39, 0.29) is 16.6 Å². The van der Waals surface area contributed by atoms with Crippen LogP contribution in [0.3, 0.4) is 0 Å². The Balaban J connectivity index is 1.43. The summed E-state index contributed by atoms with van der Waals surface area (Å²) in [4.78, 5) is 26.9. The monoisotopic (exact) mass is 357 g/mol. The van der Waals surface area contributed by atoms with E-state index in [9.17, 15) is 14.9 Å². The fourth-order valence-electron chi connectivity index (χ4n) is 4.37. The van der Waals surface area contributed by atoms with Crippen molar-refractivity contribution in [3.63, 3.8) is 0 Å². The molecule has 26 heavy (non-hydrogen) atoms. The molecule has 1 aromatic carbocycles. The highest BCUT2D eigenvalue weighted by Gasteiger charge is 2.46. The smallest absolute Gasteiger partial charge is 0.333 e. The number of benzene rings is 1. The number of piperazine rings is 1. The summed E-state index contributed by atoms with van der Waals surface area (Å²) in [5, 5.41) is 10.8. The lowest BCUT2D eigenvalue weighted by molar-refractivity contribution is -0.384. The van der Waals surface area contributed by atoms with E-state index in [1.54, 1.807) is 30.3 Å². The van der Waals surface area contributed by atoms with Crippen molar-refractivity contribution in [3.8, 4) is 0 Å². The number of ether oxygens (including phenoxy) is 1. The summed E-state index contributed by atoms with van der Waals surface area (Å²) < 4.78 is 5.75.